The topological polar surface area (TPSA) is 29.1 Å². The number of carbonyl (C=O) groups excluding carboxylic acids is 1. The van der Waals surface area contributed by atoms with Gasteiger partial charge in [0.2, 0.25) is 5.91 Å². The molecule has 0 radical (unpaired) electrons. The molecule has 0 fully saturated rings. The predicted molar refractivity (Wildman–Crippen MR) is 84.9 cm³/mol. The second-order valence-corrected chi connectivity index (χ2v) is 5.60. The first-order valence-electron chi connectivity index (χ1n) is 6.66. The molecule has 2 nitrogen and oxygen atoms in total. The van der Waals surface area contributed by atoms with E-state index in [1.54, 1.807) is 11.8 Å². The van der Waals surface area contributed by atoms with E-state index in [2.05, 4.69) is 35.8 Å². The fourth-order valence-corrected chi connectivity index (χ4v) is 2.46. The molecule has 0 aliphatic rings. The fourth-order valence-electron chi connectivity index (χ4n) is 2.05. The van der Waals surface area contributed by atoms with Gasteiger partial charge in [0, 0.05) is 4.90 Å². The highest BCUT2D eigenvalue weighted by molar-refractivity contribution is 7.98. The molecular formula is C17H19NOS. The number of thioether (sulfide) groups is 1. The van der Waals surface area contributed by atoms with Crippen molar-refractivity contribution in [3.8, 4) is 0 Å². The van der Waals surface area contributed by atoms with Crippen LogP contribution in [0, 0.1) is 0 Å². The van der Waals surface area contributed by atoms with Crippen LogP contribution in [0.3, 0.4) is 0 Å². The summed E-state index contributed by atoms with van der Waals surface area (Å²) in [5.41, 5.74) is 2.17. The Labute approximate surface area is 124 Å². The van der Waals surface area contributed by atoms with E-state index in [9.17, 15) is 4.79 Å². The number of hydrogen-bond donors (Lipinski definition) is 1. The monoisotopic (exact) mass is 285 g/mol. The quantitative estimate of drug-likeness (QED) is 0.846. The third-order valence-corrected chi connectivity index (χ3v) is 3.94. The Morgan fingerprint density at radius 2 is 1.75 bits per heavy atom. The molecule has 3 heteroatoms. The van der Waals surface area contributed by atoms with Gasteiger partial charge in [-0.05, 0) is 36.4 Å². The van der Waals surface area contributed by atoms with Gasteiger partial charge in [-0.1, -0.05) is 42.5 Å². The highest BCUT2D eigenvalue weighted by atomic mass is 32.2. The van der Waals surface area contributed by atoms with Crippen LogP contribution in [0.1, 0.15) is 24.1 Å². The minimum absolute atomic E-state index is 0.0297. The minimum Gasteiger partial charge on any atom is -0.349 e. The zero-order valence-electron chi connectivity index (χ0n) is 11.8. The lowest BCUT2D eigenvalue weighted by Gasteiger charge is -2.14. The molecule has 0 heterocycles. The molecule has 0 bridgehead atoms. The number of carbonyl (C=O) groups is 1. The average Bonchev–Trinajstić information content (AvgIpc) is 2.48. The first-order valence-corrected chi connectivity index (χ1v) is 7.89. The summed E-state index contributed by atoms with van der Waals surface area (Å²) in [6, 6.07) is 18.1. The summed E-state index contributed by atoms with van der Waals surface area (Å²) in [5.74, 6) is 0.0534. The summed E-state index contributed by atoms with van der Waals surface area (Å²) >= 11 is 1.72. The molecule has 1 N–H and O–H groups in total. The van der Waals surface area contributed by atoms with Gasteiger partial charge in [-0.3, -0.25) is 4.79 Å². The van der Waals surface area contributed by atoms with Crippen LogP contribution < -0.4 is 5.32 Å². The standard InChI is InChI=1S/C17H19NOS/c1-13(15-8-10-16(20-2)11-9-15)18-17(19)12-14-6-4-3-5-7-14/h3-11,13H,12H2,1-2H3,(H,18,19). The van der Waals surface area contributed by atoms with Crippen molar-refractivity contribution in [1.29, 1.82) is 0 Å². The number of benzene rings is 2. The zero-order valence-corrected chi connectivity index (χ0v) is 12.6. The predicted octanol–water partition coefficient (Wildman–Crippen LogP) is 3.83. The molecule has 1 amide bonds. The zero-order chi connectivity index (χ0) is 14.4. The number of nitrogens with one attached hydrogen (secondary N) is 1. The molecule has 20 heavy (non-hydrogen) atoms. The van der Waals surface area contributed by atoms with E-state index in [4.69, 9.17) is 0 Å². The first kappa shape index (κ1) is 14.7. The van der Waals surface area contributed by atoms with E-state index in [0.29, 0.717) is 6.42 Å². The van der Waals surface area contributed by atoms with Crippen molar-refractivity contribution < 1.29 is 4.79 Å². The van der Waals surface area contributed by atoms with E-state index in [-0.39, 0.29) is 11.9 Å². The Morgan fingerprint density at radius 3 is 2.35 bits per heavy atom. The normalized spacial score (nSPS) is 11.9. The van der Waals surface area contributed by atoms with Gasteiger partial charge in [-0.15, -0.1) is 11.8 Å². The van der Waals surface area contributed by atoms with Gasteiger partial charge in [0.05, 0.1) is 12.5 Å². The minimum atomic E-state index is 0.0297. The lowest BCUT2D eigenvalue weighted by atomic mass is 10.1. The van der Waals surface area contributed by atoms with E-state index in [1.807, 2.05) is 37.3 Å². The van der Waals surface area contributed by atoms with Crippen LogP contribution in [0.5, 0.6) is 0 Å². The van der Waals surface area contributed by atoms with Crippen molar-refractivity contribution in [2.24, 2.45) is 0 Å². The summed E-state index contributed by atoms with van der Waals surface area (Å²) in [4.78, 5) is 13.2. The van der Waals surface area contributed by atoms with Crippen LogP contribution in [0.4, 0.5) is 0 Å². The summed E-state index contributed by atoms with van der Waals surface area (Å²) in [5, 5.41) is 3.04. The van der Waals surface area contributed by atoms with Crippen molar-refractivity contribution in [2.45, 2.75) is 24.3 Å². The lowest BCUT2D eigenvalue weighted by molar-refractivity contribution is -0.121. The average molecular weight is 285 g/mol. The summed E-state index contributed by atoms with van der Waals surface area (Å²) in [6.07, 6.45) is 2.48. The third-order valence-electron chi connectivity index (χ3n) is 3.20. The molecule has 2 aromatic carbocycles. The van der Waals surface area contributed by atoms with Gasteiger partial charge >= 0.3 is 0 Å². The molecule has 0 aromatic heterocycles. The van der Waals surface area contributed by atoms with Gasteiger partial charge in [0.1, 0.15) is 0 Å². The van der Waals surface area contributed by atoms with Crippen LogP contribution in [-0.2, 0) is 11.2 Å². The maximum Gasteiger partial charge on any atom is 0.224 e. The second-order valence-electron chi connectivity index (χ2n) is 4.72. The Morgan fingerprint density at radius 1 is 1.10 bits per heavy atom. The Kier molecular flexibility index (Phi) is 5.24. The van der Waals surface area contributed by atoms with Crippen LogP contribution in [-0.4, -0.2) is 12.2 Å². The highest BCUT2D eigenvalue weighted by Gasteiger charge is 2.09. The number of amides is 1. The van der Waals surface area contributed by atoms with Crippen molar-refractivity contribution in [2.75, 3.05) is 6.26 Å². The molecule has 104 valence electrons. The van der Waals surface area contributed by atoms with Gasteiger partial charge in [-0.2, -0.15) is 0 Å². The van der Waals surface area contributed by atoms with E-state index in [1.165, 1.54) is 4.90 Å². The largest absolute Gasteiger partial charge is 0.349 e. The van der Waals surface area contributed by atoms with Gasteiger partial charge in [0.15, 0.2) is 0 Å². The first-order chi connectivity index (χ1) is 9.69. The fraction of sp³-hybridized carbons (Fsp3) is 0.235. The molecule has 1 unspecified atom stereocenters. The Balaban J connectivity index is 1.93. The Bertz CT molecular complexity index is 551. The molecule has 0 saturated carbocycles. The number of hydrogen-bond acceptors (Lipinski definition) is 2. The Hall–Kier alpha value is -1.74. The smallest absolute Gasteiger partial charge is 0.224 e. The van der Waals surface area contributed by atoms with E-state index in [0.717, 1.165) is 11.1 Å². The van der Waals surface area contributed by atoms with Crippen LogP contribution in [0.25, 0.3) is 0 Å². The summed E-state index contributed by atoms with van der Waals surface area (Å²) < 4.78 is 0. The van der Waals surface area contributed by atoms with Crippen molar-refractivity contribution in [3.05, 3.63) is 65.7 Å². The number of rotatable bonds is 5. The maximum absolute atomic E-state index is 12.0. The van der Waals surface area contributed by atoms with E-state index >= 15 is 0 Å². The molecule has 0 aliphatic heterocycles. The second kappa shape index (κ2) is 7.15. The molecule has 0 saturated heterocycles. The van der Waals surface area contributed by atoms with Crippen LogP contribution in [0.15, 0.2) is 59.5 Å². The molecule has 2 rings (SSSR count). The summed E-state index contributed by atoms with van der Waals surface area (Å²) in [6.45, 7) is 2.01. The van der Waals surface area contributed by atoms with E-state index < -0.39 is 0 Å². The maximum atomic E-state index is 12.0. The van der Waals surface area contributed by atoms with Crippen LogP contribution in [0.2, 0.25) is 0 Å². The van der Waals surface area contributed by atoms with Crippen molar-refractivity contribution in [3.63, 3.8) is 0 Å². The summed E-state index contributed by atoms with van der Waals surface area (Å²) in [7, 11) is 0. The SMILES string of the molecule is CSc1ccc(C(C)NC(=O)Cc2ccccc2)cc1. The van der Waals surface area contributed by atoms with Crippen molar-refractivity contribution in [1.82, 2.24) is 5.32 Å². The third kappa shape index (κ3) is 4.14. The van der Waals surface area contributed by atoms with Crippen molar-refractivity contribution >= 4 is 17.7 Å². The molecule has 2 aromatic rings. The highest BCUT2D eigenvalue weighted by Crippen LogP contribution is 2.18. The van der Waals surface area contributed by atoms with Crippen LogP contribution >= 0.6 is 11.8 Å². The lowest BCUT2D eigenvalue weighted by Crippen LogP contribution is -2.28. The van der Waals surface area contributed by atoms with Gasteiger partial charge in [0.25, 0.3) is 0 Å². The molecule has 0 aliphatic carbocycles. The van der Waals surface area contributed by atoms with Gasteiger partial charge in [-0.25, -0.2) is 0 Å². The van der Waals surface area contributed by atoms with Gasteiger partial charge < -0.3 is 5.32 Å². The molecule has 0 spiro atoms. The molecule has 1 atom stereocenters. The molecular weight excluding hydrogens is 266 g/mol.